The lowest BCUT2D eigenvalue weighted by molar-refractivity contribution is -0.116. The molecule has 1 N–H and O–H groups in total. The molecule has 0 bridgehead atoms. The first-order chi connectivity index (χ1) is 14.5. The molecule has 0 aromatic heterocycles. The summed E-state index contributed by atoms with van der Waals surface area (Å²) in [5.41, 5.74) is 5.70. The summed E-state index contributed by atoms with van der Waals surface area (Å²) in [6.45, 7) is 3.92. The van der Waals surface area contributed by atoms with Gasteiger partial charge in [-0.2, -0.15) is 0 Å². The van der Waals surface area contributed by atoms with Gasteiger partial charge in [-0.3, -0.25) is 9.59 Å². The maximum absolute atomic E-state index is 13.0. The molecule has 2 amide bonds. The van der Waals surface area contributed by atoms with Crippen molar-refractivity contribution < 1.29 is 9.59 Å². The fraction of sp³-hybridized carbons (Fsp3) is 0.231. The number of likely N-dealkylation sites (N-methyl/N-ethyl adjacent to an activating group) is 1. The molecular formula is C26H28N2O2. The van der Waals surface area contributed by atoms with Gasteiger partial charge < -0.3 is 10.2 Å². The van der Waals surface area contributed by atoms with Crippen LogP contribution in [0.25, 0.3) is 0 Å². The Hall–Kier alpha value is -3.40. The first kappa shape index (κ1) is 21.3. The normalized spacial score (nSPS) is 10.5. The Morgan fingerprint density at radius 2 is 1.43 bits per heavy atom. The van der Waals surface area contributed by atoms with Crippen molar-refractivity contribution in [3.05, 3.63) is 101 Å². The smallest absolute Gasteiger partial charge is 0.254 e. The Bertz CT molecular complexity index is 1010. The van der Waals surface area contributed by atoms with Crippen LogP contribution in [-0.4, -0.2) is 30.3 Å². The maximum atomic E-state index is 13.0. The second-order valence-electron chi connectivity index (χ2n) is 7.62. The minimum absolute atomic E-state index is 0.000370. The van der Waals surface area contributed by atoms with Gasteiger partial charge in [-0.05, 0) is 55.0 Å². The second-order valence-corrected chi connectivity index (χ2v) is 7.62. The summed E-state index contributed by atoms with van der Waals surface area (Å²) in [4.78, 5) is 27.1. The van der Waals surface area contributed by atoms with Gasteiger partial charge in [-0.1, -0.05) is 66.7 Å². The lowest BCUT2D eigenvalue weighted by Crippen LogP contribution is -2.35. The van der Waals surface area contributed by atoms with Crippen LogP contribution in [0.4, 0.5) is 5.69 Å². The molecule has 0 radical (unpaired) electrons. The van der Waals surface area contributed by atoms with Gasteiger partial charge in [0.15, 0.2) is 0 Å². The summed E-state index contributed by atoms with van der Waals surface area (Å²) in [7, 11) is 1.67. The van der Waals surface area contributed by atoms with Crippen LogP contribution in [0.1, 0.15) is 32.6 Å². The standard InChI is InChI=1S/C26H28N2O2/c1-19-10-9-11-20(2)25(19)27-24(29)18-28(3)26(30)23-15-8-7-14-22(23)17-16-21-12-5-4-6-13-21/h4-15H,16-18H2,1-3H3,(H,27,29). The molecule has 0 aliphatic rings. The van der Waals surface area contributed by atoms with Crippen molar-refractivity contribution in [1.82, 2.24) is 4.90 Å². The van der Waals surface area contributed by atoms with Crippen molar-refractivity contribution in [2.45, 2.75) is 26.7 Å². The van der Waals surface area contributed by atoms with Crippen LogP contribution in [-0.2, 0) is 17.6 Å². The van der Waals surface area contributed by atoms with Crippen LogP contribution in [0.15, 0.2) is 72.8 Å². The van der Waals surface area contributed by atoms with Crippen LogP contribution in [0.5, 0.6) is 0 Å². The lowest BCUT2D eigenvalue weighted by atomic mass is 9.99. The van der Waals surface area contributed by atoms with Gasteiger partial charge in [0.25, 0.3) is 5.91 Å². The number of carbonyl (C=O) groups excluding carboxylic acids is 2. The molecule has 4 heteroatoms. The summed E-state index contributed by atoms with van der Waals surface area (Å²) in [6, 6.07) is 23.7. The predicted molar refractivity (Wildman–Crippen MR) is 122 cm³/mol. The minimum Gasteiger partial charge on any atom is -0.332 e. The average Bonchev–Trinajstić information content (AvgIpc) is 2.75. The number of hydrogen-bond acceptors (Lipinski definition) is 2. The third-order valence-electron chi connectivity index (χ3n) is 5.25. The van der Waals surface area contributed by atoms with Gasteiger partial charge in [0.1, 0.15) is 0 Å². The fourth-order valence-corrected chi connectivity index (χ4v) is 3.55. The zero-order valence-electron chi connectivity index (χ0n) is 17.8. The van der Waals surface area contributed by atoms with Gasteiger partial charge >= 0.3 is 0 Å². The SMILES string of the molecule is Cc1cccc(C)c1NC(=O)CN(C)C(=O)c1ccccc1CCc1ccccc1. The first-order valence-electron chi connectivity index (χ1n) is 10.2. The topological polar surface area (TPSA) is 49.4 Å². The fourth-order valence-electron chi connectivity index (χ4n) is 3.55. The van der Waals surface area contributed by atoms with Crippen LogP contribution < -0.4 is 5.32 Å². The molecule has 0 saturated carbocycles. The van der Waals surface area contributed by atoms with Crippen molar-refractivity contribution in [2.75, 3.05) is 18.9 Å². The molecule has 3 aromatic rings. The second kappa shape index (κ2) is 9.88. The molecule has 0 fully saturated rings. The summed E-state index contributed by atoms with van der Waals surface area (Å²) in [6.07, 6.45) is 1.64. The maximum Gasteiger partial charge on any atom is 0.254 e. The van der Waals surface area contributed by atoms with Crippen molar-refractivity contribution in [2.24, 2.45) is 0 Å². The summed E-state index contributed by atoms with van der Waals surface area (Å²) >= 11 is 0. The van der Waals surface area contributed by atoms with E-state index in [2.05, 4.69) is 17.4 Å². The highest BCUT2D eigenvalue weighted by Gasteiger charge is 2.18. The first-order valence-corrected chi connectivity index (χ1v) is 10.2. The molecule has 0 atom stereocenters. The summed E-state index contributed by atoms with van der Waals surface area (Å²) in [5.74, 6) is -0.347. The number of nitrogens with one attached hydrogen (secondary N) is 1. The van der Waals surface area contributed by atoms with Crippen molar-refractivity contribution in [1.29, 1.82) is 0 Å². The zero-order valence-corrected chi connectivity index (χ0v) is 17.8. The van der Waals surface area contributed by atoms with E-state index in [1.807, 2.05) is 74.5 Å². The van der Waals surface area contributed by atoms with Crippen molar-refractivity contribution >= 4 is 17.5 Å². The number of rotatable bonds is 7. The molecule has 30 heavy (non-hydrogen) atoms. The summed E-state index contributed by atoms with van der Waals surface area (Å²) < 4.78 is 0. The Balaban J connectivity index is 1.66. The number of anilines is 1. The average molecular weight is 401 g/mol. The Morgan fingerprint density at radius 3 is 2.13 bits per heavy atom. The predicted octanol–water partition coefficient (Wildman–Crippen LogP) is 4.80. The van der Waals surface area contributed by atoms with E-state index in [1.54, 1.807) is 7.05 Å². The van der Waals surface area contributed by atoms with E-state index in [0.717, 1.165) is 35.2 Å². The van der Waals surface area contributed by atoms with E-state index < -0.39 is 0 Å². The Morgan fingerprint density at radius 1 is 0.800 bits per heavy atom. The van der Waals surface area contributed by atoms with E-state index in [-0.39, 0.29) is 18.4 Å². The number of para-hydroxylation sites is 1. The van der Waals surface area contributed by atoms with E-state index >= 15 is 0 Å². The van der Waals surface area contributed by atoms with E-state index in [9.17, 15) is 9.59 Å². The highest BCUT2D eigenvalue weighted by atomic mass is 16.2. The molecule has 0 aliphatic carbocycles. The van der Waals surface area contributed by atoms with Gasteiger partial charge in [-0.25, -0.2) is 0 Å². The number of nitrogens with zero attached hydrogens (tertiary/aromatic N) is 1. The number of benzene rings is 3. The third-order valence-corrected chi connectivity index (χ3v) is 5.25. The van der Waals surface area contributed by atoms with Gasteiger partial charge in [0, 0.05) is 18.3 Å². The highest BCUT2D eigenvalue weighted by Crippen LogP contribution is 2.19. The number of carbonyl (C=O) groups is 2. The highest BCUT2D eigenvalue weighted by molar-refractivity contribution is 6.00. The van der Waals surface area contributed by atoms with Crippen LogP contribution in [0, 0.1) is 13.8 Å². The van der Waals surface area contributed by atoms with Gasteiger partial charge in [0.2, 0.25) is 5.91 Å². The van der Waals surface area contributed by atoms with E-state index in [0.29, 0.717) is 5.56 Å². The molecule has 0 unspecified atom stereocenters. The lowest BCUT2D eigenvalue weighted by Gasteiger charge is -2.20. The van der Waals surface area contributed by atoms with Crippen LogP contribution in [0.3, 0.4) is 0 Å². The van der Waals surface area contributed by atoms with Gasteiger partial charge in [0.05, 0.1) is 6.54 Å². The van der Waals surface area contributed by atoms with E-state index in [1.165, 1.54) is 10.5 Å². The Kier molecular flexibility index (Phi) is 7.02. The minimum atomic E-state index is -0.204. The zero-order chi connectivity index (χ0) is 21.5. The third kappa shape index (κ3) is 5.35. The monoisotopic (exact) mass is 400 g/mol. The molecular weight excluding hydrogens is 372 g/mol. The number of aryl methyl sites for hydroxylation is 4. The summed E-state index contributed by atoms with van der Waals surface area (Å²) in [5, 5.41) is 2.94. The Labute approximate surface area is 178 Å². The van der Waals surface area contributed by atoms with Crippen LogP contribution in [0.2, 0.25) is 0 Å². The number of amides is 2. The van der Waals surface area contributed by atoms with Crippen molar-refractivity contribution in [3.8, 4) is 0 Å². The van der Waals surface area contributed by atoms with E-state index in [4.69, 9.17) is 0 Å². The molecule has 3 rings (SSSR count). The molecule has 3 aromatic carbocycles. The molecule has 154 valence electrons. The van der Waals surface area contributed by atoms with Crippen molar-refractivity contribution in [3.63, 3.8) is 0 Å². The number of hydrogen-bond donors (Lipinski definition) is 1. The molecule has 0 saturated heterocycles. The molecule has 0 heterocycles. The molecule has 4 nitrogen and oxygen atoms in total. The quantitative estimate of drug-likeness (QED) is 0.619. The van der Waals surface area contributed by atoms with Crippen LogP contribution >= 0.6 is 0 Å². The molecule has 0 spiro atoms. The largest absolute Gasteiger partial charge is 0.332 e. The molecule has 0 aliphatic heterocycles. The van der Waals surface area contributed by atoms with Gasteiger partial charge in [-0.15, -0.1) is 0 Å².